The van der Waals surface area contributed by atoms with Crippen molar-refractivity contribution in [3.63, 3.8) is 0 Å². The third-order valence-electron chi connectivity index (χ3n) is 3.32. The van der Waals surface area contributed by atoms with Crippen LogP contribution in [-0.2, 0) is 0 Å². The predicted molar refractivity (Wildman–Crippen MR) is 81.7 cm³/mol. The molecule has 0 aliphatic carbocycles. The minimum atomic E-state index is -0.447. The van der Waals surface area contributed by atoms with Gasteiger partial charge in [0.15, 0.2) is 5.78 Å². The van der Waals surface area contributed by atoms with Crippen molar-refractivity contribution in [1.82, 2.24) is 0 Å². The molecule has 4 heteroatoms. The Labute approximate surface area is 124 Å². The smallest absolute Gasteiger partial charge is 0.185 e. The number of likely N-dealkylation sites (N-methyl/N-ethyl adjacent to an activating group) is 1. The third-order valence-corrected chi connectivity index (χ3v) is 3.32. The molecular formula is C17H18FNO2. The lowest BCUT2D eigenvalue weighted by molar-refractivity contribution is 0.0997. The second-order valence-electron chi connectivity index (χ2n) is 4.96. The molecule has 110 valence electrons. The number of halogens is 1. The summed E-state index contributed by atoms with van der Waals surface area (Å²) in [7, 11) is 3.29. The van der Waals surface area contributed by atoms with Gasteiger partial charge in [0.05, 0.1) is 19.2 Å². The molecule has 2 aromatic carbocycles. The number of aryl methyl sites for hydroxylation is 1. The van der Waals surface area contributed by atoms with E-state index in [1.165, 1.54) is 25.3 Å². The molecule has 0 radical (unpaired) electrons. The van der Waals surface area contributed by atoms with Crippen LogP contribution in [0.25, 0.3) is 0 Å². The minimum Gasteiger partial charge on any atom is -0.496 e. The van der Waals surface area contributed by atoms with Gasteiger partial charge in [-0.3, -0.25) is 4.79 Å². The summed E-state index contributed by atoms with van der Waals surface area (Å²) in [6, 6.07) is 11.8. The van der Waals surface area contributed by atoms with Crippen LogP contribution in [0.4, 0.5) is 10.1 Å². The van der Waals surface area contributed by atoms with Crippen LogP contribution in [0, 0.1) is 12.7 Å². The monoisotopic (exact) mass is 287 g/mol. The average Bonchev–Trinajstić information content (AvgIpc) is 2.47. The molecule has 2 aromatic rings. The zero-order valence-corrected chi connectivity index (χ0v) is 12.4. The second kappa shape index (κ2) is 6.39. The highest BCUT2D eigenvalue weighted by Gasteiger charge is 2.15. The van der Waals surface area contributed by atoms with Crippen LogP contribution >= 0.6 is 0 Å². The topological polar surface area (TPSA) is 29.5 Å². The summed E-state index contributed by atoms with van der Waals surface area (Å²) in [6.45, 7) is 2.16. The quantitative estimate of drug-likeness (QED) is 0.789. The standard InChI is InChI=1S/C17H18FNO2/c1-12-4-7-14(8-5-12)19(2)11-16(20)15-10-13(18)6-9-17(15)21-3/h4-10H,11H2,1-3H3. The number of anilines is 1. The first-order valence-electron chi connectivity index (χ1n) is 6.66. The molecule has 0 aliphatic rings. The van der Waals surface area contributed by atoms with E-state index in [9.17, 15) is 9.18 Å². The van der Waals surface area contributed by atoms with Gasteiger partial charge in [0.2, 0.25) is 0 Å². The number of ketones is 1. The molecule has 0 bridgehead atoms. The Morgan fingerprint density at radius 2 is 1.86 bits per heavy atom. The molecule has 0 amide bonds. The van der Waals surface area contributed by atoms with Gasteiger partial charge in [0, 0.05) is 12.7 Å². The summed E-state index contributed by atoms with van der Waals surface area (Å²) < 4.78 is 18.4. The summed E-state index contributed by atoms with van der Waals surface area (Å²) in [6.07, 6.45) is 0. The van der Waals surface area contributed by atoms with E-state index in [0.717, 1.165) is 11.3 Å². The lowest BCUT2D eigenvalue weighted by atomic mass is 10.1. The Bertz CT molecular complexity index is 638. The summed E-state index contributed by atoms with van der Waals surface area (Å²) in [5.74, 6) is -0.245. The summed E-state index contributed by atoms with van der Waals surface area (Å²) in [5.41, 5.74) is 2.35. The van der Waals surface area contributed by atoms with E-state index in [1.807, 2.05) is 43.1 Å². The first-order chi connectivity index (χ1) is 10.0. The fraction of sp³-hybridized carbons (Fsp3) is 0.235. The number of hydrogen-bond donors (Lipinski definition) is 0. The number of hydrogen-bond acceptors (Lipinski definition) is 3. The van der Waals surface area contributed by atoms with E-state index >= 15 is 0 Å². The van der Waals surface area contributed by atoms with E-state index in [2.05, 4.69) is 0 Å². The molecule has 0 saturated carbocycles. The molecule has 0 spiro atoms. The largest absolute Gasteiger partial charge is 0.496 e. The maximum Gasteiger partial charge on any atom is 0.185 e. The van der Waals surface area contributed by atoms with Crippen LogP contribution in [0.2, 0.25) is 0 Å². The van der Waals surface area contributed by atoms with Crippen LogP contribution in [-0.4, -0.2) is 26.5 Å². The van der Waals surface area contributed by atoms with Crippen molar-refractivity contribution in [3.8, 4) is 5.75 Å². The Balaban J connectivity index is 2.17. The van der Waals surface area contributed by atoms with Crippen LogP contribution in [0.3, 0.4) is 0 Å². The molecule has 0 heterocycles. The normalized spacial score (nSPS) is 10.3. The van der Waals surface area contributed by atoms with Crippen molar-refractivity contribution in [2.24, 2.45) is 0 Å². The van der Waals surface area contributed by atoms with Gasteiger partial charge in [-0.05, 0) is 37.3 Å². The fourth-order valence-electron chi connectivity index (χ4n) is 2.09. The summed E-state index contributed by atoms with van der Waals surface area (Å²) in [4.78, 5) is 14.2. The van der Waals surface area contributed by atoms with E-state index in [4.69, 9.17) is 4.74 Å². The molecular weight excluding hydrogens is 269 g/mol. The molecule has 0 N–H and O–H groups in total. The maximum atomic E-state index is 13.3. The van der Waals surface area contributed by atoms with E-state index in [1.54, 1.807) is 0 Å². The van der Waals surface area contributed by atoms with Gasteiger partial charge in [-0.1, -0.05) is 17.7 Å². The lowest BCUT2D eigenvalue weighted by Crippen LogP contribution is -2.26. The molecule has 0 fully saturated rings. The van der Waals surface area contributed by atoms with Gasteiger partial charge in [0.1, 0.15) is 11.6 Å². The predicted octanol–water partition coefficient (Wildman–Crippen LogP) is 3.46. The van der Waals surface area contributed by atoms with Crippen molar-refractivity contribution in [2.75, 3.05) is 25.6 Å². The van der Waals surface area contributed by atoms with Gasteiger partial charge >= 0.3 is 0 Å². The highest BCUT2D eigenvalue weighted by Crippen LogP contribution is 2.21. The van der Waals surface area contributed by atoms with Gasteiger partial charge in [-0.25, -0.2) is 4.39 Å². The number of benzene rings is 2. The highest BCUT2D eigenvalue weighted by atomic mass is 19.1. The third kappa shape index (κ3) is 3.60. The number of nitrogens with zero attached hydrogens (tertiary/aromatic N) is 1. The Hall–Kier alpha value is -2.36. The molecule has 2 rings (SSSR count). The lowest BCUT2D eigenvalue weighted by Gasteiger charge is -2.19. The van der Waals surface area contributed by atoms with E-state index in [0.29, 0.717) is 5.75 Å². The molecule has 21 heavy (non-hydrogen) atoms. The zero-order valence-electron chi connectivity index (χ0n) is 12.4. The fourth-order valence-corrected chi connectivity index (χ4v) is 2.09. The number of methoxy groups -OCH3 is 1. The van der Waals surface area contributed by atoms with Gasteiger partial charge in [0.25, 0.3) is 0 Å². The molecule has 0 saturated heterocycles. The van der Waals surface area contributed by atoms with Crippen molar-refractivity contribution < 1.29 is 13.9 Å². The molecule has 0 atom stereocenters. The molecule has 0 aromatic heterocycles. The van der Waals surface area contributed by atoms with Crippen molar-refractivity contribution in [2.45, 2.75) is 6.92 Å². The van der Waals surface area contributed by atoms with Crippen LogP contribution < -0.4 is 9.64 Å². The molecule has 0 aliphatic heterocycles. The zero-order chi connectivity index (χ0) is 15.4. The number of carbonyl (C=O) groups is 1. The molecule has 3 nitrogen and oxygen atoms in total. The maximum absolute atomic E-state index is 13.3. The van der Waals surface area contributed by atoms with E-state index < -0.39 is 5.82 Å². The average molecular weight is 287 g/mol. The van der Waals surface area contributed by atoms with Gasteiger partial charge < -0.3 is 9.64 Å². The second-order valence-corrected chi connectivity index (χ2v) is 4.96. The van der Waals surface area contributed by atoms with Gasteiger partial charge in [-0.15, -0.1) is 0 Å². The van der Waals surface area contributed by atoms with Crippen molar-refractivity contribution >= 4 is 11.5 Å². The first-order valence-corrected chi connectivity index (χ1v) is 6.66. The molecule has 0 unspecified atom stereocenters. The number of ether oxygens (including phenoxy) is 1. The van der Waals surface area contributed by atoms with Crippen molar-refractivity contribution in [3.05, 3.63) is 59.4 Å². The number of rotatable bonds is 5. The Morgan fingerprint density at radius 1 is 1.19 bits per heavy atom. The number of Topliss-reactive ketones (excluding diaryl/α,β-unsaturated/α-hetero) is 1. The Morgan fingerprint density at radius 3 is 2.48 bits per heavy atom. The van der Waals surface area contributed by atoms with Crippen LogP contribution in [0.15, 0.2) is 42.5 Å². The Kier molecular flexibility index (Phi) is 4.58. The summed E-state index contributed by atoms with van der Waals surface area (Å²) >= 11 is 0. The minimum absolute atomic E-state index is 0.156. The van der Waals surface area contributed by atoms with Crippen LogP contribution in [0.5, 0.6) is 5.75 Å². The highest BCUT2D eigenvalue weighted by molar-refractivity contribution is 6.01. The van der Waals surface area contributed by atoms with E-state index in [-0.39, 0.29) is 17.9 Å². The first kappa shape index (κ1) is 15.0. The summed E-state index contributed by atoms with van der Waals surface area (Å²) in [5, 5.41) is 0. The number of carbonyl (C=O) groups excluding carboxylic acids is 1. The van der Waals surface area contributed by atoms with Crippen molar-refractivity contribution in [1.29, 1.82) is 0 Å². The van der Waals surface area contributed by atoms with Gasteiger partial charge in [-0.2, -0.15) is 0 Å². The SMILES string of the molecule is COc1ccc(F)cc1C(=O)CN(C)c1ccc(C)cc1. The van der Waals surface area contributed by atoms with Crippen LogP contribution in [0.1, 0.15) is 15.9 Å².